The van der Waals surface area contributed by atoms with Gasteiger partial charge < -0.3 is 4.74 Å². The molecule has 0 radical (unpaired) electrons. The largest absolute Gasteiger partial charge is 0.494 e. The van der Waals surface area contributed by atoms with Gasteiger partial charge in [0.05, 0.1) is 11.5 Å². The molecule has 0 fully saturated rings. The highest BCUT2D eigenvalue weighted by Gasteiger charge is 2.13. The van der Waals surface area contributed by atoms with Crippen molar-refractivity contribution in [1.29, 1.82) is 0 Å². The smallest absolute Gasteiger partial charge is 0.240 e. The van der Waals surface area contributed by atoms with E-state index in [9.17, 15) is 8.42 Å². The fourth-order valence-electron chi connectivity index (χ4n) is 1.80. The second-order valence-corrected chi connectivity index (χ2v) is 6.97. The molecule has 0 saturated heterocycles. The molecular formula is C16H18ClNO3S. The molecule has 0 spiro atoms. The van der Waals surface area contributed by atoms with Gasteiger partial charge in [0.25, 0.3) is 0 Å². The maximum Gasteiger partial charge on any atom is 0.240 e. The third-order valence-corrected chi connectivity index (χ3v) is 4.66. The molecule has 118 valence electrons. The van der Waals surface area contributed by atoms with E-state index in [0.717, 1.165) is 17.7 Å². The summed E-state index contributed by atoms with van der Waals surface area (Å²) in [7, 11) is -3.54. The van der Waals surface area contributed by atoms with Gasteiger partial charge in [0.15, 0.2) is 0 Å². The highest BCUT2D eigenvalue weighted by molar-refractivity contribution is 7.89. The normalized spacial score (nSPS) is 11.4. The Labute approximate surface area is 136 Å². The molecule has 6 heteroatoms. The van der Waals surface area contributed by atoms with Crippen LogP contribution in [0.5, 0.6) is 5.75 Å². The number of rotatable bonds is 7. The van der Waals surface area contributed by atoms with Crippen LogP contribution in [-0.4, -0.2) is 15.0 Å². The second kappa shape index (κ2) is 7.63. The standard InChI is InChI=1S/C16H18ClNO3S/c1-2-11-21-15-7-3-13(4-8-15)12-18-22(19,20)16-9-5-14(17)6-10-16/h3-10,18H,2,11-12H2,1H3. The van der Waals surface area contributed by atoms with Gasteiger partial charge in [0, 0.05) is 11.6 Å². The van der Waals surface area contributed by atoms with Crippen molar-refractivity contribution in [3.05, 3.63) is 59.1 Å². The Hall–Kier alpha value is -1.56. The van der Waals surface area contributed by atoms with Crippen LogP contribution in [0.15, 0.2) is 53.4 Å². The zero-order valence-corrected chi connectivity index (χ0v) is 13.8. The molecule has 0 unspecified atom stereocenters. The van der Waals surface area contributed by atoms with Crippen molar-refractivity contribution in [2.45, 2.75) is 24.8 Å². The molecule has 0 aliphatic carbocycles. The SMILES string of the molecule is CCCOc1ccc(CNS(=O)(=O)c2ccc(Cl)cc2)cc1. The van der Waals surface area contributed by atoms with E-state index in [1.807, 2.05) is 31.2 Å². The maximum absolute atomic E-state index is 12.1. The lowest BCUT2D eigenvalue weighted by Crippen LogP contribution is -2.23. The van der Waals surface area contributed by atoms with Crippen LogP contribution in [-0.2, 0) is 16.6 Å². The van der Waals surface area contributed by atoms with Gasteiger partial charge in [-0.15, -0.1) is 0 Å². The van der Waals surface area contributed by atoms with Gasteiger partial charge in [-0.3, -0.25) is 0 Å². The zero-order chi connectivity index (χ0) is 16.0. The molecule has 0 aliphatic heterocycles. The Bertz CT molecular complexity index is 697. The van der Waals surface area contributed by atoms with Crippen molar-refractivity contribution in [1.82, 2.24) is 4.72 Å². The zero-order valence-electron chi connectivity index (χ0n) is 12.3. The topological polar surface area (TPSA) is 55.4 Å². The number of sulfonamides is 1. The third kappa shape index (κ3) is 4.73. The molecule has 2 aromatic carbocycles. The van der Waals surface area contributed by atoms with Gasteiger partial charge in [0.1, 0.15) is 5.75 Å². The Morgan fingerprint density at radius 3 is 2.27 bits per heavy atom. The lowest BCUT2D eigenvalue weighted by atomic mass is 10.2. The highest BCUT2D eigenvalue weighted by atomic mass is 35.5. The van der Waals surface area contributed by atoms with E-state index in [4.69, 9.17) is 16.3 Å². The third-order valence-electron chi connectivity index (χ3n) is 2.99. The van der Waals surface area contributed by atoms with Crippen LogP contribution >= 0.6 is 11.6 Å². The summed E-state index contributed by atoms with van der Waals surface area (Å²) in [6.07, 6.45) is 0.947. The molecule has 4 nitrogen and oxygen atoms in total. The second-order valence-electron chi connectivity index (χ2n) is 4.77. The number of ether oxygens (including phenoxy) is 1. The van der Waals surface area contributed by atoms with E-state index in [1.54, 1.807) is 12.1 Å². The Morgan fingerprint density at radius 2 is 1.68 bits per heavy atom. The Kier molecular flexibility index (Phi) is 5.83. The number of hydrogen-bond donors (Lipinski definition) is 1. The van der Waals surface area contributed by atoms with E-state index in [-0.39, 0.29) is 11.4 Å². The van der Waals surface area contributed by atoms with Crippen LogP contribution in [0.25, 0.3) is 0 Å². The fraction of sp³-hybridized carbons (Fsp3) is 0.250. The Balaban J connectivity index is 1.98. The Morgan fingerprint density at radius 1 is 1.05 bits per heavy atom. The summed E-state index contributed by atoms with van der Waals surface area (Å²) in [5.74, 6) is 0.783. The van der Waals surface area contributed by atoms with Gasteiger partial charge in [-0.1, -0.05) is 30.7 Å². The summed E-state index contributed by atoms with van der Waals surface area (Å²) in [6.45, 7) is 2.93. The van der Waals surface area contributed by atoms with Crippen LogP contribution in [0.4, 0.5) is 0 Å². The first kappa shape index (κ1) is 16.8. The maximum atomic E-state index is 12.1. The first-order valence-electron chi connectivity index (χ1n) is 6.98. The first-order chi connectivity index (χ1) is 10.5. The quantitative estimate of drug-likeness (QED) is 0.838. The molecule has 0 heterocycles. The summed E-state index contributed by atoms with van der Waals surface area (Å²) in [5, 5.41) is 0.501. The molecule has 0 bridgehead atoms. The lowest BCUT2D eigenvalue weighted by Gasteiger charge is -2.08. The molecule has 22 heavy (non-hydrogen) atoms. The summed E-state index contributed by atoms with van der Waals surface area (Å²) in [6, 6.07) is 13.4. The molecule has 0 atom stereocenters. The average Bonchev–Trinajstić information content (AvgIpc) is 2.52. The van der Waals surface area contributed by atoms with Gasteiger partial charge in [-0.25, -0.2) is 13.1 Å². The minimum Gasteiger partial charge on any atom is -0.494 e. The van der Waals surface area contributed by atoms with Crippen molar-refractivity contribution in [2.24, 2.45) is 0 Å². The first-order valence-corrected chi connectivity index (χ1v) is 8.84. The number of hydrogen-bond acceptors (Lipinski definition) is 3. The molecule has 0 aromatic heterocycles. The molecular weight excluding hydrogens is 322 g/mol. The highest BCUT2D eigenvalue weighted by Crippen LogP contribution is 2.15. The average molecular weight is 340 g/mol. The number of halogens is 1. The van der Waals surface area contributed by atoms with Crippen LogP contribution in [0, 0.1) is 0 Å². The summed E-state index contributed by atoms with van der Waals surface area (Å²) in [4.78, 5) is 0.194. The van der Waals surface area contributed by atoms with Crippen LogP contribution in [0.3, 0.4) is 0 Å². The molecule has 0 saturated carbocycles. The van der Waals surface area contributed by atoms with E-state index in [1.165, 1.54) is 12.1 Å². The molecule has 2 rings (SSSR count). The van der Waals surface area contributed by atoms with Crippen molar-refractivity contribution in [3.63, 3.8) is 0 Å². The van der Waals surface area contributed by atoms with Gasteiger partial charge >= 0.3 is 0 Å². The van der Waals surface area contributed by atoms with Gasteiger partial charge in [0.2, 0.25) is 10.0 Å². The van der Waals surface area contributed by atoms with E-state index >= 15 is 0 Å². The minimum atomic E-state index is -3.54. The van der Waals surface area contributed by atoms with E-state index < -0.39 is 10.0 Å². The molecule has 1 N–H and O–H groups in total. The van der Waals surface area contributed by atoms with Crippen molar-refractivity contribution < 1.29 is 13.2 Å². The molecule has 2 aromatic rings. The van der Waals surface area contributed by atoms with Gasteiger partial charge in [-0.05, 0) is 48.4 Å². The lowest BCUT2D eigenvalue weighted by molar-refractivity contribution is 0.317. The van der Waals surface area contributed by atoms with E-state index in [0.29, 0.717) is 11.6 Å². The van der Waals surface area contributed by atoms with Crippen LogP contribution in [0.2, 0.25) is 5.02 Å². The van der Waals surface area contributed by atoms with Crippen LogP contribution in [0.1, 0.15) is 18.9 Å². The molecule has 0 amide bonds. The van der Waals surface area contributed by atoms with E-state index in [2.05, 4.69) is 4.72 Å². The fourth-order valence-corrected chi connectivity index (χ4v) is 2.94. The predicted molar refractivity (Wildman–Crippen MR) is 87.7 cm³/mol. The van der Waals surface area contributed by atoms with Crippen molar-refractivity contribution in [2.75, 3.05) is 6.61 Å². The summed E-state index contributed by atoms with van der Waals surface area (Å²) < 4.78 is 32.3. The van der Waals surface area contributed by atoms with Crippen molar-refractivity contribution >= 4 is 21.6 Å². The summed E-state index contributed by atoms with van der Waals surface area (Å²) in [5.41, 5.74) is 0.862. The molecule has 0 aliphatic rings. The monoisotopic (exact) mass is 339 g/mol. The van der Waals surface area contributed by atoms with Crippen LogP contribution < -0.4 is 9.46 Å². The van der Waals surface area contributed by atoms with Gasteiger partial charge in [-0.2, -0.15) is 0 Å². The minimum absolute atomic E-state index is 0.194. The number of benzene rings is 2. The number of nitrogens with one attached hydrogen (secondary N) is 1. The van der Waals surface area contributed by atoms with Crippen molar-refractivity contribution in [3.8, 4) is 5.75 Å². The summed E-state index contributed by atoms with van der Waals surface area (Å²) >= 11 is 5.76. The predicted octanol–water partition coefficient (Wildman–Crippen LogP) is 3.61.